The monoisotopic (exact) mass is 602 g/mol. The molecule has 1 rings (SSSR count). The summed E-state index contributed by atoms with van der Waals surface area (Å²) in [7, 11) is 0. The average Bonchev–Trinajstić information content (AvgIpc) is 3.40. The minimum atomic E-state index is -0.561. The summed E-state index contributed by atoms with van der Waals surface area (Å²) >= 11 is 0. The maximum atomic E-state index is 12.1. The molecular formula is C32H58O10. The minimum absolute atomic E-state index is 0.0901. The van der Waals surface area contributed by atoms with Crippen LogP contribution in [0.2, 0.25) is 0 Å². The Hall–Kier alpha value is -1.37. The fourth-order valence-corrected chi connectivity index (χ4v) is 4.74. The molecule has 0 aromatic heterocycles. The van der Waals surface area contributed by atoms with Crippen LogP contribution in [0.5, 0.6) is 0 Å². The Balaban J connectivity index is 2.13. The minimum Gasteiger partial charge on any atom is -0.463 e. The van der Waals surface area contributed by atoms with Crippen LogP contribution < -0.4 is 0 Å². The van der Waals surface area contributed by atoms with Crippen LogP contribution in [0.3, 0.4) is 0 Å². The largest absolute Gasteiger partial charge is 0.463 e. The summed E-state index contributed by atoms with van der Waals surface area (Å²) in [4.78, 5) is 12.1. The van der Waals surface area contributed by atoms with Crippen LogP contribution in [0, 0.1) is 0 Å². The van der Waals surface area contributed by atoms with Crippen molar-refractivity contribution in [3.63, 3.8) is 0 Å². The van der Waals surface area contributed by atoms with Crippen LogP contribution in [0.15, 0.2) is 24.3 Å². The molecule has 1 aliphatic rings. The maximum absolute atomic E-state index is 12.1. The number of hydrogen-bond acceptors (Lipinski definition) is 10. The molecule has 0 amide bonds. The van der Waals surface area contributed by atoms with Crippen molar-refractivity contribution in [2.45, 2.75) is 108 Å². The number of aliphatic hydroxyl groups is 3. The third kappa shape index (κ3) is 19.7. The summed E-state index contributed by atoms with van der Waals surface area (Å²) in [6.07, 6.45) is 19.9. The van der Waals surface area contributed by atoms with Gasteiger partial charge in [-0.05, 0) is 32.1 Å². The average molecular weight is 603 g/mol. The number of allylic oxidation sites excluding steroid dienone is 4. The quantitative estimate of drug-likeness (QED) is 0.0658. The molecule has 0 aliphatic carbocycles. The number of carbonyl (C=O) groups excluding carboxylic acids is 1. The molecule has 3 N–H and O–H groups in total. The van der Waals surface area contributed by atoms with E-state index in [0.29, 0.717) is 6.42 Å². The van der Waals surface area contributed by atoms with Crippen LogP contribution in [0.25, 0.3) is 0 Å². The number of carbonyl (C=O) groups is 1. The molecule has 1 fully saturated rings. The van der Waals surface area contributed by atoms with E-state index in [9.17, 15) is 15.0 Å². The van der Waals surface area contributed by atoms with E-state index in [4.69, 9.17) is 33.5 Å². The third-order valence-corrected chi connectivity index (χ3v) is 6.87. The van der Waals surface area contributed by atoms with Crippen LogP contribution in [-0.2, 0) is 33.2 Å². The smallest absolute Gasteiger partial charge is 0.305 e. The summed E-state index contributed by atoms with van der Waals surface area (Å²) < 4.78 is 34.0. The van der Waals surface area contributed by atoms with Crippen LogP contribution >= 0.6 is 0 Å². The first-order valence-electron chi connectivity index (χ1n) is 16.0. The molecule has 0 radical (unpaired) electrons. The Bertz CT molecular complexity index is 672. The van der Waals surface area contributed by atoms with Gasteiger partial charge in [-0.3, -0.25) is 4.79 Å². The predicted molar refractivity (Wildman–Crippen MR) is 161 cm³/mol. The molecule has 246 valence electrons. The molecule has 0 aromatic carbocycles. The fourth-order valence-electron chi connectivity index (χ4n) is 4.74. The Morgan fingerprint density at radius 1 is 0.810 bits per heavy atom. The molecule has 0 aromatic rings. The first-order valence-corrected chi connectivity index (χ1v) is 16.0. The first kappa shape index (κ1) is 38.7. The summed E-state index contributed by atoms with van der Waals surface area (Å²) in [5.74, 6) is -0.217. The van der Waals surface area contributed by atoms with E-state index in [1.165, 1.54) is 38.5 Å². The van der Waals surface area contributed by atoms with Gasteiger partial charge in [0.05, 0.1) is 59.5 Å². The Labute approximate surface area is 253 Å². The van der Waals surface area contributed by atoms with Crippen molar-refractivity contribution in [2.75, 3.05) is 66.1 Å². The Kier molecular flexibility index (Phi) is 26.1. The van der Waals surface area contributed by atoms with Crippen molar-refractivity contribution in [1.82, 2.24) is 0 Å². The third-order valence-electron chi connectivity index (χ3n) is 6.87. The summed E-state index contributed by atoms with van der Waals surface area (Å²) in [5, 5.41) is 27.5. The van der Waals surface area contributed by atoms with Gasteiger partial charge in [0, 0.05) is 6.42 Å². The lowest BCUT2D eigenvalue weighted by Gasteiger charge is -2.29. The van der Waals surface area contributed by atoms with Crippen molar-refractivity contribution in [2.24, 2.45) is 0 Å². The zero-order valence-corrected chi connectivity index (χ0v) is 25.9. The van der Waals surface area contributed by atoms with Gasteiger partial charge in [0.2, 0.25) is 0 Å². The maximum Gasteiger partial charge on any atom is 0.305 e. The van der Waals surface area contributed by atoms with Crippen LogP contribution in [-0.4, -0.2) is 112 Å². The SMILES string of the molecule is CC/C=C/C/C=C/CCCCCCCCCCC(=O)OCCOCC(OCCO)C1OCC(OCCO)C1OCCO. The highest BCUT2D eigenvalue weighted by molar-refractivity contribution is 5.69. The molecule has 42 heavy (non-hydrogen) atoms. The molecule has 0 spiro atoms. The molecule has 1 aliphatic heterocycles. The van der Waals surface area contributed by atoms with Gasteiger partial charge in [-0.25, -0.2) is 0 Å². The molecule has 0 bridgehead atoms. The van der Waals surface area contributed by atoms with E-state index in [-0.39, 0.29) is 72.0 Å². The number of rotatable bonds is 29. The second-order valence-corrected chi connectivity index (χ2v) is 10.4. The van der Waals surface area contributed by atoms with Gasteiger partial charge in [0.1, 0.15) is 31.0 Å². The van der Waals surface area contributed by atoms with Crippen molar-refractivity contribution in [3.05, 3.63) is 24.3 Å². The Morgan fingerprint density at radius 2 is 1.48 bits per heavy atom. The zero-order valence-electron chi connectivity index (χ0n) is 25.9. The van der Waals surface area contributed by atoms with Crippen LogP contribution in [0.4, 0.5) is 0 Å². The molecule has 1 saturated heterocycles. The summed E-state index contributed by atoms with van der Waals surface area (Å²) in [5.41, 5.74) is 0. The first-order chi connectivity index (χ1) is 20.7. The van der Waals surface area contributed by atoms with Gasteiger partial charge < -0.3 is 43.7 Å². The van der Waals surface area contributed by atoms with Gasteiger partial charge in [-0.1, -0.05) is 69.8 Å². The number of ether oxygens (including phenoxy) is 6. The molecule has 10 heteroatoms. The van der Waals surface area contributed by atoms with E-state index in [2.05, 4.69) is 31.2 Å². The molecule has 4 atom stereocenters. The standard InChI is InChI=1S/C32H58O10/c1-2-3-4-5-6-7-8-9-10-11-12-13-14-15-16-17-30(36)40-25-24-37-26-28(38-21-18-33)32-31(41-23-20-35)29(27-42-32)39-22-19-34/h3-4,6-7,28-29,31-35H,2,5,8-27H2,1H3/b4-3+,7-6+. The lowest BCUT2D eigenvalue weighted by molar-refractivity contribution is -0.149. The zero-order chi connectivity index (χ0) is 30.5. The van der Waals surface area contributed by atoms with Crippen molar-refractivity contribution in [3.8, 4) is 0 Å². The lowest BCUT2D eigenvalue weighted by Crippen LogP contribution is -2.45. The van der Waals surface area contributed by atoms with Gasteiger partial charge in [0.15, 0.2) is 0 Å². The number of aliphatic hydroxyl groups excluding tert-OH is 3. The molecule has 1 heterocycles. The van der Waals surface area contributed by atoms with Crippen molar-refractivity contribution in [1.29, 1.82) is 0 Å². The molecule has 10 nitrogen and oxygen atoms in total. The summed E-state index contributed by atoms with van der Waals surface area (Å²) in [6.45, 7) is 2.77. The number of hydrogen-bond donors (Lipinski definition) is 3. The van der Waals surface area contributed by atoms with E-state index in [1.807, 2.05) is 0 Å². The number of unbranched alkanes of at least 4 members (excludes halogenated alkanes) is 8. The van der Waals surface area contributed by atoms with Gasteiger partial charge in [-0.15, -0.1) is 0 Å². The van der Waals surface area contributed by atoms with Crippen molar-refractivity contribution >= 4 is 5.97 Å². The summed E-state index contributed by atoms with van der Waals surface area (Å²) in [6, 6.07) is 0. The van der Waals surface area contributed by atoms with E-state index in [1.54, 1.807) is 0 Å². The van der Waals surface area contributed by atoms with Crippen molar-refractivity contribution < 1.29 is 48.5 Å². The highest BCUT2D eigenvalue weighted by Gasteiger charge is 2.44. The highest BCUT2D eigenvalue weighted by atomic mass is 16.6. The van der Waals surface area contributed by atoms with Gasteiger partial charge >= 0.3 is 5.97 Å². The topological polar surface area (TPSA) is 133 Å². The van der Waals surface area contributed by atoms with Gasteiger partial charge in [-0.2, -0.15) is 0 Å². The van der Waals surface area contributed by atoms with E-state index < -0.39 is 24.4 Å². The predicted octanol–water partition coefficient (Wildman–Crippen LogP) is 3.89. The number of esters is 1. The second kappa shape index (κ2) is 28.4. The lowest BCUT2D eigenvalue weighted by atomic mass is 10.1. The van der Waals surface area contributed by atoms with Gasteiger partial charge in [0.25, 0.3) is 0 Å². The second-order valence-electron chi connectivity index (χ2n) is 10.4. The van der Waals surface area contributed by atoms with E-state index >= 15 is 0 Å². The highest BCUT2D eigenvalue weighted by Crippen LogP contribution is 2.25. The normalized spacial score (nSPS) is 19.8. The van der Waals surface area contributed by atoms with Crippen LogP contribution in [0.1, 0.15) is 84.0 Å². The fraction of sp³-hybridized carbons (Fsp3) is 0.844. The molecular weight excluding hydrogens is 544 g/mol. The molecule has 4 unspecified atom stereocenters. The molecule has 0 saturated carbocycles. The Morgan fingerprint density at radius 3 is 2.19 bits per heavy atom. The van der Waals surface area contributed by atoms with E-state index in [0.717, 1.165) is 32.1 Å².